The average molecular weight is 616 g/mol. The van der Waals surface area contributed by atoms with Gasteiger partial charge >= 0.3 is 5.97 Å². The smallest absolute Gasteiger partial charge is 0.306 e. The van der Waals surface area contributed by atoms with E-state index in [0.717, 1.165) is 44.9 Å². The van der Waals surface area contributed by atoms with Crippen molar-refractivity contribution in [3.05, 3.63) is 0 Å². The molecule has 0 unspecified atom stereocenters. The molecule has 0 spiro atoms. The van der Waals surface area contributed by atoms with Crippen LogP contribution in [-0.2, 0) is 19.1 Å². The van der Waals surface area contributed by atoms with Crippen LogP contribution in [0.4, 0.5) is 0 Å². The summed E-state index contributed by atoms with van der Waals surface area (Å²) in [7, 11) is 0. The number of carbonyl (C=O) groups excluding carboxylic acids is 3. The van der Waals surface area contributed by atoms with Crippen LogP contribution >= 0.6 is 0 Å². The van der Waals surface area contributed by atoms with E-state index < -0.39 is 43.0 Å². The topological polar surface area (TPSA) is 153 Å². The Kier molecular flexibility index (Phi) is 28.1. The minimum atomic E-state index is -1.82. The van der Waals surface area contributed by atoms with Crippen molar-refractivity contribution in [3.63, 3.8) is 0 Å². The van der Waals surface area contributed by atoms with Gasteiger partial charge in [-0.2, -0.15) is 0 Å². The van der Waals surface area contributed by atoms with E-state index in [2.05, 4.69) is 19.2 Å². The van der Waals surface area contributed by atoms with Gasteiger partial charge in [-0.25, -0.2) is 0 Å². The van der Waals surface area contributed by atoms with Crippen LogP contribution in [0.15, 0.2) is 0 Å². The molecule has 5 atom stereocenters. The molecule has 0 aromatic rings. The number of hydrogen-bond donors (Lipinski definition) is 5. The normalized spacial score (nSPS) is 14.9. The molecule has 1 amide bonds. The molecule has 0 bridgehead atoms. The van der Waals surface area contributed by atoms with Gasteiger partial charge in [-0.1, -0.05) is 129 Å². The Morgan fingerprint density at radius 3 is 1.56 bits per heavy atom. The molecule has 254 valence electrons. The molecule has 0 aliphatic carbocycles. The summed E-state index contributed by atoms with van der Waals surface area (Å²) >= 11 is 0. The van der Waals surface area contributed by atoms with Crippen molar-refractivity contribution in [2.75, 3.05) is 6.61 Å². The molecular weight excluding hydrogens is 550 g/mol. The van der Waals surface area contributed by atoms with Crippen LogP contribution in [0.1, 0.15) is 162 Å². The van der Waals surface area contributed by atoms with Crippen LogP contribution in [0.5, 0.6) is 0 Å². The van der Waals surface area contributed by atoms with Gasteiger partial charge in [0.25, 0.3) is 0 Å². The number of esters is 1. The van der Waals surface area contributed by atoms with Crippen LogP contribution in [0.3, 0.4) is 0 Å². The highest BCUT2D eigenvalue weighted by atomic mass is 16.5. The number of rotatable bonds is 31. The lowest BCUT2D eigenvalue weighted by atomic mass is 10.0. The van der Waals surface area contributed by atoms with Gasteiger partial charge in [0, 0.05) is 6.42 Å². The van der Waals surface area contributed by atoms with Crippen molar-refractivity contribution in [3.8, 4) is 0 Å². The molecule has 0 aliphatic rings. The van der Waals surface area contributed by atoms with Crippen LogP contribution in [0.2, 0.25) is 0 Å². The molecule has 0 saturated heterocycles. The van der Waals surface area contributed by atoms with Crippen molar-refractivity contribution in [2.24, 2.45) is 0 Å². The predicted molar refractivity (Wildman–Crippen MR) is 171 cm³/mol. The van der Waals surface area contributed by atoms with E-state index in [0.29, 0.717) is 12.8 Å². The number of ether oxygens (including phenoxy) is 1. The Balaban J connectivity index is 4.64. The van der Waals surface area contributed by atoms with Gasteiger partial charge in [0.05, 0.1) is 13.0 Å². The lowest BCUT2D eigenvalue weighted by molar-refractivity contribution is -0.151. The Bertz CT molecular complexity index is 677. The van der Waals surface area contributed by atoms with Crippen molar-refractivity contribution in [2.45, 2.75) is 192 Å². The molecule has 0 aromatic heterocycles. The Labute approximate surface area is 261 Å². The largest absolute Gasteiger partial charge is 0.462 e. The molecule has 0 saturated carbocycles. The van der Waals surface area contributed by atoms with Crippen molar-refractivity contribution < 1.29 is 39.5 Å². The Morgan fingerprint density at radius 2 is 1.12 bits per heavy atom. The summed E-state index contributed by atoms with van der Waals surface area (Å²) in [6.45, 7) is 3.62. The summed E-state index contributed by atoms with van der Waals surface area (Å²) in [5.74, 6) is -0.941. The van der Waals surface area contributed by atoms with Gasteiger partial charge in [-0.05, 0) is 19.3 Å². The zero-order valence-corrected chi connectivity index (χ0v) is 27.4. The fourth-order valence-electron chi connectivity index (χ4n) is 5.26. The fraction of sp³-hybridized carbons (Fsp3) is 0.912. The van der Waals surface area contributed by atoms with E-state index in [4.69, 9.17) is 9.84 Å². The number of aliphatic hydroxyl groups excluding tert-OH is 4. The minimum absolute atomic E-state index is 0.170. The second-order valence-electron chi connectivity index (χ2n) is 12.2. The first-order valence-corrected chi connectivity index (χ1v) is 17.4. The average Bonchev–Trinajstić information content (AvgIpc) is 3.00. The van der Waals surface area contributed by atoms with E-state index in [1.54, 1.807) is 0 Å². The molecule has 9 nitrogen and oxygen atoms in total. The molecule has 43 heavy (non-hydrogen) atoms. The van der Waals surface area contributed by atoms with Gasteiger partial charge in [0.2, 0.25) is 5.91 Å². The highest BCUT2D eigenvalue weighted by Gasteiger charge is 2.32. The first-order valence-electron chi connectivity index (χ1n) is 17.4. The number of aldehydes is 1. The molecule has 0 rings (SSSR count). The van der Waals surface area contributed by atoms with Crippen LogP contribution in [-0.4, -0.2) is 75.7 Å². The number of aliphatic hydroxyl groups is 4. The summed E-state index contributed by atoms with van der Waals surface area (Å²) in [5.41, 5.74) is 0. The summed E-state index contributed by atoms with van der Waals surface area (Å²) in [6, 6.07) is -1.48. The summed E-state index contributed by atoms with van der Waals surface area (Å²) in [6.07, 6.45) is 18.3. The molecular formula is C34H65NO8. The van der Waals surface area contributed by atoms with E-state index >= 15 is 0 Å². The van der Waals surface area contributed by atoms with Crippen LogP contribution < -0.4 is 5.32 Å². The second kappa shape index (κ2) is 29.2. The lowest BCUT2D eigenvalue weighted by Gasteiger charge is -2.26. The van der Waals surface area contributed by atoms with E-state index in [1.165, 1.54) is 83.5 Å². The third-order valence-corrected chi connectivity index (χ3v) is 8.10. The van der Waals surface area contributed by atoms with Gasteiger partial charge in [-0.3, -0.25) is 9.59 Å². The van der Waals surface area contributed by atoms with Crippen LogP contribution in [0, 0.1) is 0 Å². The minimum Gasteiger partial charge on any atom is -0.462 e. The first kappa shape index (κ1) is 41.4. The maximum atomic E-state index is 12.7. The quantitative estimate of drug-likeness (QED) is 0.0380. The molecule has 0 aromatic carbocycles. The third kappa shape index (κ3) is 23.5. The first-order chi connectivity index (χ1) is 20.8. The molecule has 0 heterocycles. The lowest BCUT2D eigenvalue weighted by Crippen LogP contribution is -2.53. The standard InChI is InChI=1S/C34H65NO8/c1-3-5-7-9-11-13-14-16-18-20-22-24-32(40)43-28(23-21-19-17-15-12-10-8-6-4-2)25-31(39)35-29(26-36)33(41)34(42)30(38)27-37/h26,28-30,33-34,37-38,41-42H,3-25,27H2,1-2H3,(H,35,39)/t28-,29-,30-,33-,34-/m1/s1. The molecule has 0 aliphatic heterocycles. The maximum absolute atomic E-state index is 12.7. The monoisotopic (exact) mass is 615 g/mol. The maximum Gasteiger partial charge on any atom is 0.306 e. The molecule has 0 fully saturated rings. The Morgan fingerprint density at radius 1 is 0.674 bits per heavy atom. The van der Waals surface area contributed by atoms with E-state index in [1.807, 2.05) is 0 Å². The van der Waals surface area contributed by atoms with E-state index in [-0.39, 0.29) is 18.7 Å². The summed E-state index contributed by atoms with van der Waals surface area (Å²) in [4.78, 5) is 36.8. The predicted octanol–water partition coefficient (Wildman–Crippen LogP) is 5.67. The summed E-state index contributed by atoms with van der Waals surface area (Å²) in [5, 5.41) is 41.0. The summed E-state index contributed by atoms with van der Waals surface area (Å²) < 4.78 is 5.69. The van der Waals surface area contributed by atoms with Gasteiger partial charge in [0.15, 0.2) is 0 Å². The van der Waals surface area contributed by atoms with Crippen molar-refractivity contribution in [1.29, 1.82) is 0 Å². The Hall–Kier alpha value is -1.55. The van der Waals surface area contributed by atoms with Gasteiger partial charge in [0.1, 0.15) is 36.7 Å². The zero-order valence-electron chi connectivity index (χ0n) is 27.4. The van der Waals surface area contributed by atoms with Crippen LogP contribution in [0.25, 0.3) is 0 Å². The van der Waals surface area contributed by atoms with Gasteiger partial charge < -0.3 is 35.3 Å². The van der Waals surface area contributed by atoms with E-state index in [9.17, 15) is 29.7 Å². The second-order valence-corrected chi connectivity index (χ2v) is 12.2. The fourth-order valence-corrected chi connectivity index (χ4v) is 5.26. The highest BCUT2D eigenvalue weighted by molar-refractivity contribution is 5.80. The molecule has 0 radical (unpaired) electrons. The van der Waals surface area contributed by atoms with Crippen molar-refractivity contribution >= 4 is 18.2 Å². The third-order valence-electron chi connectivity index (χ3n) is 8.10. The zero-order chi connectivity index (χ0) is 32.1. The molecule has 5 N–H and O–H groups in total. The van der Waals surface area contributed by atoms with Crippen molar-refractivity contribution in [1.82, 2.24) is 5.32 Å². The number of amides is 1. The number of unbranched alkanes of at least 4 members (excludes halogenated alkanes) is 18. The number of carbonyl (C=O) groups is 3. The number of hydrogen-bond acceptors (Lipinski definition) is 8. The molecule has 9 heteroatoms. The van der Waals surface area contributed by atoms with Gasteiger partial charge in [-0.15, -0.1) is 0 Å². The SMILES string of the molecule is CCCCCCCCCCCCCC(=O)O[C@H](CCCCCCCCCCC)CC(=O)N[C@H](C=O)[C@@H](O)[C@H](O)[C@H](O)CO. The number of nitrogens with one attached hydrogen (secondary N) is 1. The highest BCUT2D eigenvalue weighted by Crippen LogP contribution is 2.17.